The van der Waals surface area contributed by atoms with E-state index in [2.05, 4.69) is 6.92 Å². The lowest BCUT2D eigenvalue weighted by atomic mass is 9.90. The van der Waals surface area contributed by atoms with Crippen LogP contribution >= 0.6 is 0 Å². The maximum atomic E-state index is 14.8. The molecule has 2 atom stereocenters. The molecule has 158 valence electrons. The quantitative estimate of drug-likeness (QED) is 0.451. The topological polar surface area (TPSA) is 18.5 Å². The number of hydrogen-bond donors (Lipinski definition) is 0. The molecule has 3 rings (SSSR count). The van der Waals surface area contributed by atoms with E-state index in [1.165, 1.54) is 18.2 Å². The van der Waals surface area contributed by atoms with Gasteiger partial charge in [0.05, 0.1) is 6.61 Å². The zero-order chi connectivity index (χ0) is 20.8. The normalized spacial score (nSPS) is 19.5. The highest BCUT2D eigenvalue weighted by Gasteiger charge is 2.27. The van der Waals surface area contributed by atoms with E-state index >= 15 is 0 Å². The lowest BCUT2D eigenvalue weighted by Crippen LogP contribution is -2.28. The molecule has 2 aromatic carbocycles. The van der Waals surface area contributed by atoms with Gasteiger partial charge in [-0.2, -0.15) is 0 Å². The molecule has 0 bridgehead atoms. The first-order valence-corrected chi connectivity index (χ1v) is 10.5. The number of rotatable bonds is 8. The molecule has 0 aromatic heterocycles. The predicted octanol–water partition coefficient (Wildman–Crippen LogP) is 6.76. The van der Waals surface area contributed by atoms with Gasteiger partial charge in [0.15, 0.2) is 17.9 Å². The Morgan fingerprint density at radius 3 is 2.41 bits per heavy atom. The Labute approximate surface area is 171 Å². The number of halogens is 3. The molecule has 1 heterocycles. The molecule has 0 amide bonds. The monoisotopic (exact) mass is 406 g/mol. The van der Waals surface area contributed by atoms with Crippen molar-refractivity contribution in [2.45, 2.75) is 64.6 Å². The van der Waals surface area contributed by atoms with Gasteiger partial charge >= 0.3 is 0 Å². The van der Waals surface area contributed by atoms with E-state index < -0.39 is 17.5 Å². The second-order valence-corrected chi connectivity index (χ2v) is 7.61. The van der Waals surface area contributed by atoms with Gasteiger partial charge in [-0.15, -0.1) is 0 Å². The van der Waals surface area contributed by atoms with Crippen LogP contribution < -0.4 is 0 Å². The largest absolute Gasteiger partial charge is 0.353 e. The Hall–Kier alpha value is -1.85. The molecule has 1 aliphatic rings. The van der Waals surface area contributed by atoms with Crippen LogP contribution in [0.1, 0.15) is 63.0 Å². The number of aryl methyl sites for hydroxylation is 1. The van der Waals surface area contributed by atoms with Crippen molar-refractivity contribution >= 4 is 0 Å². The smallest absolute Gasteiger partial charge is 0.167 e. The molecule has 2 aromatic rings. The summed E-state index contributed by atoms with van der Waals surface area (Å²) in [6, 6.07) is 7.63. The summed E-state index contributed by atoms with van der Waals surface area (Å²) in [5, 5.41) is 0. The van der Waals surface area contributed by atoms with Gasteiger partial charge < -0.3 is 9.47 Å². The van der Waals surface area contributed by atoms with Gasteiger partial charge in [0.25, 0.3) is 0 Å². The summed E-state index contributed by atoms with van der Waals surface area (Å²) in [5.74, 6) is -2.71. The molecule has 0 radical (unpaired) electrons. The standard InChI is InChI=1S/C24H29F3O2/c1-3-5-6-13-28-22-12-8-17(15-29-22)18-10-11-20(24(27)23(18)26)19-9-7-16(4-2)14-21(19)25/h7,9-11,14,17,22H,3-6,8,12-13,15H2,1-2H3. The molecule has 5 heteroatoms. The van der Waals surface area contributed by atoms with E-state index in [1.807, 2.05) is 6.92 Å². The van der Waals surface area contributed by atoms with Gasteiger partial charge in [-0.1, -0.05) is 51.0 Å². The van der Waals surface area contributed by atoms with Crippen molar-refractivity contribution < 1.29 is 22.6 Å². The molecule has 0 spiro atoms. The van der Waals surface area contributed by atoms with Crippen LogP contribution in [0, 0.1) is 17.5 Å². The summed E-state index contributed by atoms with van der Waals surface area (Å²) in [6.45, 7) is 4.99. The molecule has 29 heavy (non-hydrogen) atoms. The van der Waals surface area contributed by atoms with Crippen molar-refractivity contribution in [1.82, 2.24) is 0 Å². The van der Waals surface area contributed by atoms with Crippen molar-refractivity contribution in [1.29, 1.82) is 0 Å². The SMILES string of the molecule is CCCCCOC1CCC(c2ccc(-c3ccc(CC)cc3F)c(F)c2F)CO1. The Morgan fingerprint density at radius 2 is 1.76 bits per heavy atom. The Kier molecular flexibility index (Phi) is 7.73. The first-order valence-electron chi connectivity index (χ1n) is 10.5. The molecule has 0 saturated carbocycles. The molecule has 0 N–H and O–H groups in total. The van der Waals surface area contributed by atoms with Gasteiger partial charge in [0.2, 0.25) is 0 Å². The molecule has 1 saturated heterocycles. The Balaban J connectivity index is 1.69. The summed E-state index contributed by atoms with van der Waals surface area (Å²) in [5.41, 5.74) is 1.11. The Morgan fingerprint density at radius 1 is 0.966 bits per heavy atom. The maximum Gasteiger partial charge on any atom is 0.167 e. The van der Waals surface area contributed by atoms with Gasteiger partial charge in [-0.25, -0.2) is 13.2 Å². The minimum Gasteiger partial charge on any atom is -0.353 e. The fourth-order valence-electron chi connectivity index (χ4n) is 3.76. The average Bonchev–Trinajstić information content (AvgIpc) is 2.74. The van der Waals surface area contributed by atoms with E-state index in [1.54, 1.807) is 12.1 Å². The summed E-state index contributed by atoms with van der Waals surface area (Å²) < 4.78 is 55.4. The second kappa shape index (κ2) is 10.3. The highest BCUT2D eigenvalue weighted by atomic mass is 19.2. The maximum absolute atomic E-state index is 14.8. The number of ether oxygens (including phenoxy) is 2. The first kappa shape index (κ1) is 21.8. The zero-order valence-electron chi connectivity index (χ0n) is 17.1. The third-order valence-electron chi connectivity index (χ3n) is 5.57. The lowest BCUT2D eigenvalue weighted by Gasteiger charge is -2.29. The average molecular weight is 406 g/mol. The molecular formula is C24H29F3O2. The summed E-state index contributed by atoms with van der Waals surface area (Å²) in [7, 11) is 0. The second-order valence-electron chi connectivity index (χ2n) is 7.61. The van der Waals surface area contributed by atoms with Gasteiger partial charge in [-0.05, 0) is 42.9 Å². The van der Waals surface area contributed by atoms with Crippen molar-refractivity contribution in [3.05, 3.63) is 58.9 Å². The van der Waals surface area contributed by atoms with Gasteiger partial charge in [0, 0.05) is 23.7 Å². The third-order valence-corrected chi connectivity index (χ3v) is 5.57. The van der Waals surface area contributed by atoms with Crippen LogP contribution in [-0.2, 0) is 15.9 Å². The highest BCUT2D eigenvalue weighted by molar-refractivity contribution is 5.66. The lowest BCUT2D eigenvalue weighted by molar-refractivity contribution is -0.168. The van der Waals surface area contributed by atoms with E-state index in [0.717, 1.165) is 24.8 Å². The third kappa shape index (κ3) is 5.20. The van der Waals surface area contributed by atoms with Crippen molar-refractivity contribution in [3.63, 3.8) is 0 Å². The summed E-state index contributed by atoms with van der Waals surface area (Å²) in [4.78, 5) is 0. The summed E-state index contributed by atoms with van der Waals surface area (Å²) >= 11 is 0. The van der Waals surface area contributed by atoms with E-state index in [-0.39, 0.29) is 35.5 Å². The fourth-order valence-corrected chi connectivity index (χ4v) is 3.76. The van der Waals surface area contributed by atoms with Crippen LogP contribution in [0.25, 0.3) is 11.1 Å². The molecule has 0 aliphatic carbocycles. The predicted molar refractivity (Wildman–Crippen MR) is 108 cm³/mol. The van der Waals surface area contributed by atoms with Crippen molar-refractivity contribution in [3.8, 4) is 11.1 Å². The van der Waals surface area contributed by atoms with Gasteiger partial charge in [0.1, 0.15) is 5.82 Å². The first-order chi connectivity index (χ1) is 14.0. The zero-order valence-corrected chi connectivity index (χ0v) is 17.1. The number of benzene rings is 2. The van der Waals surface area contributed by atoms with Crippen molar-refractivity contribution in [2.24, 2.45) is 0 Å². The minimum absolute atomic E-state index is 0.0553. The van der Waals surface area contributed by atoms with Crippen LogP contribution in [-0.4, -0.2) is 19.5 Å². The highest BCUT2D eigenvalue weighted by Crippen LogP contribution is 2.35. The van der Waals surface area contributed by atoms with E-state index in [9.17, 15) is 13.2 Å². The van der Waals surface area contributed by atoms with Gasteiger partial charge in [-0.3, -0.25) is 0 Å². The molecular weight excluding hydrogens is 377 g/mol. The van der Waals surface area contributed by atoms with Crippen LogP contribution in [0.15, 0.2) is 30.3 Å². The molecule has 1 aliphatic heterocycles. The van der Waals surface area contributed by atoms with E-state index in [4.69, 9.17) is 9.47 Å². The van der Waals surface area contributed by atoms with E-state index in [0.29, 0.717) is 25.9 Å². The molecule has 2 nitrogen and oxygen atoms in total. The van der Waals surface area contributed by atoms with Crippen LogP contribution in [0.3, 0.4) is 0 Å². The van der Waals surface area contributed by atoms with Crippen LogP contribution in [0.5, 0.6) is 0 Å². The van der Waals surface area contributed by atoms with Crippen LogP contribution in [0.2, 0.25) is 0 Å². The minimum atomic E-state index is -1.01. The number of hydrogen-bond acceptors (Lipinski definition) is 2. The Bertz CT molecular complexity index is 814. The van der Waals surface area contributed by atoms with Crippen LogP contribution in [0.4, 0.5) is 13.2 Å². The number of unbranched alkanes of at least 4 members (excludes halogenated alkanes) is 2. The molecule has 1 fully saturated rings. The van der Waals surface area contributed by atoms with Crippen molar-refractivity contribution in [2.75, 3.05) is 13.2 Å². The molecule has 2 unspecified atom stereocenters. The fraction of sp³-hybridized carbons (Fsp3) is 0.500. The summed E-state index contributed by atoms with van der Waals surface area (Å²) in [6.07, 6.45) is 4.95.